The summed E-state index contributed by atoms with van der Waals surface area (Å²) in [6, 6.07) is 8.14. The van der Waals surface area contributed by atoms with E-state index in [4.69, 9.17) is 5.11 Å². The molecule has 1 heterocycles. The van der Waals surface area contributed by atoms with Crippen molar-refractivity contribution in [2.24, 2.45) is 5.41 Å². The normalized spacial score (nSPS) is 16.5. The number of anilines is 1. The molecule has 0 saturated heterocycles. The number of hydrogen-bond acceptors (Lipinski definition) is 3. The molecule has 1 aliphatic rings. The van der Waals surface area contributed by atoms with Crippen LogP contribution in [-0.2, 0) is 0 Å². The number of aliphatic hydroxyl groups is 1. The maximum Gasteiger partial charge on any atom is 0.0864 e. The van der Waals surface area contributed by atoms with E-state index in [-0.39, 0.29) is 6.61 Å². The zero-order valence-corrected chi connectivity index (χ0v) is 12.3. The molecule has 4 heteroatoms. The highest BCUT2D eigenvalue weighted by Gasteiger charge is 2.41. The summed E-state index contributed by atoms with van der Waals surface area (Å²) in [6.45, 7) is 1.21. The van der Waals surface area contributed by atoms with Crippen molar-refractivity contribution < 1.29 is 5.11 Å². The Labute approximate surface area is 121 Å². The third-order valence-corrected chi connectivity index (χ3v) is 4.61. The fraction of sp³-hybridized carbons (Fsp3) is 0.400. The minimum atomic E-state index is 0.282. The van der Waals surface area contributed by atoms with Crippen molar-refractivity contribution in [2.45, 2.75) is 19.3 Å². The van der Waals surface area contributed by atoms with Gasteiger partial charge in [0.25, 0.3) is 0 Å². The van der Waals surface area contributed by atoms with Gasteiger partial charge in [-0.25, -0.2) is 0 Å². The van der Waals surface area contributed by atoms with E-state index in [1.165, 1.54) is 12.8 Å². The molecule has 1 aromatic heterocycles. The van der Waals surface area contributed by atoms with Crippen LogP contribution in [0, 0.1) is 5.41 Å². The number of aromatic nitrogens is 1. The predicted molar refractivity (Wildman–Crippen MR) is 81.3 cm³/mol. The summed E-state index contributed by atoms with van der Waals surface area (Å²) in [7, 11) is 0. The number of nitrogens with zero attached hydrogens (tertiary/aromatic N) is 1. The molecule has 1 aromatic carbocycles. The Kier molecular flexibility index (Phi) is 3.46. The zero-order valence-electron chi connectivity index (χ0n) is 10.7. The predicted octanol–water partition coefficient (Wildman–Crippen LogP) is 3.57. The van der Waals surface area contributed by atoms with Crippen LogP contribution in [0.2, 0.25) is 0 Å². The van der Waals surface area contributed by atoms with Crippen LogP contribution in [0.3, 0.4) is 0 Å². The van der Waals surface area contributed by atoms with Gasteiger partial charge in [-0.05, 0) is 52.7 Å². The second-order valence-corrected chi connectivity index (χ2v) is 6.18. The van der Waals surface area contributed by atoms with Gasteiger partial charge in [0.05, 0.1) is 5.52 Å². The highest BCUT2D eigenvalue weighted by molar-refractivity contribution is 9.10. The molecular weight excluding hydrogens is 304 g/mol. The molecule has 0 amide bonds. The zero-order chi connectivity index (χ0) is 13.3. The van der Waals surface area contributed by atoms with Gasteiger partial charge in [-0.3, -0.25) is 4.98 Å². The second-order valence-electron chi connectivity index (χ2n) is 5.32. The van der Waals surface area contributed by atoms with Gasteiger partial charge in [0.1, 0.15) is 0 Å². The van der Waals surface area contributed by atoms with E-state index in [9.17, 15) is 0 Å². The molecule has 0 bridgehead atoms. The summed E-state index contributed by atoms with van der Waals surface area (Å²) in [5.41, 5.74) is 2.42. The van der Waals surface area contributed by atoms with E-state index in [0.29, 0.717) is 5.41 Å². The number of pyridine rings is 1. The third kappa shape index (κ3) is 2.60. The smallest absolute Gasteiger partial charge is 0.0864 e. The van der Waals surface area contributed by atoms with Crippen molar-refractivity contribution in [3.8, 4) is 0 Å². The Hall–Kier alpha value is -1.13. The average Bonchev–Trinajstić information content (AvgIpc) is 3.18. The lowest BCUT2D eigenvalue weighted by atomic mass is 10.0. The van der Waals surface area contributed by atoms with Crippen LogP contribution in [0.4, 0.5) is 5.69 Å². The van der Waals surface area contributed by atoms with Gasteiger partial charge in [0.2, 0.25) is 0 Å². The van der Waals surface area contributed by atoms with Crippen LogP contribution in [0.15, 0.2) is 34.9 Å². The lowest BCUT2D eigenvalue weighted by molar-refractivity contribution is 0.253. The Morgan fingerprint density at radius 2 is 2.16 bits per heavy atom. The van der Waals surface area contributed by atoms with Gasteiger partial charge >= 0.3 is 0 Å². The lowest BCUT2D eigenvalue weighted by Crippen LogP contribution is -2.16. The Balaban J connectivity index is 1.83. The van der Waals surface area contributed by atoms with Gasteiger partial charge in [-0.15, -0.1) is 0 Å². The maximum atomic E-state index is 9.10. The van der Waals surface area contributed by atoms with Crippen molar-refractivity contribution in [1.82, 2.24) is 4.98 Å². The number of rotatable bonds is 5. The highest BCUT2D eigenvalue weighted by Crippen LogP contribution is 2.48. The van der Waals surface area contributed by atoms with Crippen LogP contribution in [-0.4, -0.2) is 23.2 Å². The van der Waals surface area contributed by atoms with E-state index in [1.54, 1.807) is 0 Å². The van der Waals surface area contributed by atoms with Gasteiger partial charge in [0, 0.05) is 34.9 Å². The molecule has 0 radical (unpaired) electrons. The number of halogens is 1. The quantitative estimate of drug-likeness (QED) is 0.885. The van der Waals surface area contributed by atoms with Gasteiger partial charge in [0.15, 0.2) is 0 Å². The molecular formula is C15H17BrN2O. The van der Waals surface area contributed by atoms with Crippen LogP contribution in [0.25, 0.3) is 10.9 Å². The van der Waals surface area contributed by atoms with E-state index in [0.717, 1.165) is 34.0 Å². The summed E-state index contributed by atoms with van der Waals surface area (Å²) < 4.78 is 1.02. The van der Waals surface area contributed by atoms with E-state index >= 15 is 0 Å². The first-order chi connectivity index (χ1) is 9.24. The molecule has 2 N–H and O–H groups in total. The van der Waals surface area contributed by atoms with E-state index < -0.39 is 0 Å². The number of benzene rings is 1. The first kappa shape index (κ1) is 12.9. The molecule has 0 atom stereocenters. The minimum absolute atomic E-state index is 0.282. The Bertz CT molecular complexity index is 596. The van der Waals surface area contributed by atoms with E-state index in [1.807, 2.05) is 24.4 Å². The molecule has 3 nitrogen and oxygen atoms in total. The summed E-state index contributed by atoms with van der Waals surface area (Å²) in [5, 5.41) is 13.8. The topological polar surface area (TPSA) is 45.1 Å². The number of para-hydroxylation sites is 1. The summed E-state index contributed by atoms with van der Waals surface area (Å²) in [5.74, 6) is 0. The maximum absolute atomic E-state index is 9.10. The molecule has 100 valence electrons. The first-order valence-electron chi connectivity index (χ1n) is 6.62. The standard InChI is InChI=1S/C15H17BrN2O/c16-12-3-1-2-11-13(4-8-17-14(11)12)18-10-15(5-6-15)7-9-19/h1-4,8,19H,5-7,9-10H2,(H,17,18). The summed E-state index contributed by atoms with van der Waals surface area (Å²) >= 11 is 3.54. The first-order valence-corrected chi connectivity index (χ1v) is 7.41. The molecule has 3 rings (SSSR count). The Morgan fingerprint density at radius 3 is 2.89 bits per heavy atom. The second kappa shape index (κ2) is 5.10. The Morgan fingerprint density at radius 1 is 1.32 bits per heavy atom. The SMILES string of the molecule is OCCC1(CNc2ccnc3c(Br)cccc23)CC1. The fourth-order valence-corrected chi connectivity index (χ4v) is 2.97. The molecule has 0 spiro atoms. The van der Waals surface area contributed by atoms with Crippen LogP contribution in [0.5, 0.6) is 0 Å². The van der Waals surface area contributed by atoms with Crippen molar-refractivity contribution >= 4 is 32.5 Å². The molecule has 2 aromatic rings. The van der Waals surface area contributed by atoms with Crippen LogP contribution < -0.4 is 5.32 Å². The van der Waals surface area contributed by atoms with Gasteiger partial charge < -0.3 is 10.4 Å². The molecule has 1 aliphatic carbocycles. The van der Waals surface area contributed by atoms with Crippen LogP contribution in [0.1, 0.15) is 19.3 Å². The average molecular weight is 321 g/mol. The molecule has 1 saturated carbocycles. The molecule has 1 fully saturated rings. The van der Waals surface area contributed by atoms with E-state index in [2.05, 4.69) is 32.3 Å². The fourth-order valence-electron chi connectivity index (χ4n) is 2.51. The minimum Gasteiger partial charge on any atom is -0.396 e. The van der Waals surface area contributed by atoms with Crippen molar-refractivity contribution in [1.29, 1.82) is 0 Å². The monoisotopic (exact) mass is 320 g/mol. The largest absolute Gasteiger partial charge is 0.396 e. The number of hydrogen-bond donors (Lipinski definition) is 2. The molecule has 0 unspecified atom stereocenters. The summed E-state index contributed by atoms with van der Waals surface area (Å²) in [4.78, 5) is 4.41. The molecule has 0 aliphatic heterocycles. The molecule has 19 heavy (non-hydrogen) atoms. The van der Waals surface area contributed by atoms with Gasteiger partial charge in [-0.2, -0.15) is 0 Å². The lowest BCUT2D eigenvalue weighted by Gasteiger charge is -2.16. The van der Waals surface area contributed by atoms with Crippen molar-refractivity contribution in [2.75, 3.05) is 18.5 Å². The number of fused-ring (bicyclic) bond motifs is 1. The third-order valence-electron chi connectivity index (χ3n) is 3.97. The number of aliphatic hydroxyl groups excluding tert-OH is 1. The van der Waals surface area contributed by atoms with Gasteiger partial charge in [-0.1, -0.05) is 12.1 Å². The van der Waals surface area contributed by atoms with Crippen LogP contribution >= 0.6 is 15.9 Å². The summed E-state index contributed by atoms with van der Waals surface area (Å²) in [6.07, 6.45) is 5.16. The number of nitrogens with one attached hydrogen (secondary N) is 1. The van der Waals surface area contributed by atoms with Crippen molar-refractivity contribution in [3.05, 3.63) is 34.9 Å². The van der Waals surface area contributed by atoms with Crippen molar-refractivity contribution in [3.63, 3.8) is 0 Å². The highest BCUT2D eigenvalue weighted by atomic mass is 79.9.